The van der Waals surface area contributed by atoms with Gasteiger partial charge in [-0.25, -0.2) is 8.42 Å². The monoisotopic (exact) mass is 390 g/mol. The van der Waals surface area contributed by atoms with Crippen LogP contribution < -0.4 is 19.1 Å². The molecule has 0 saturated heterocycles. The van der Waals surface area contributed by atoms with Gasteiger partial charge < -0.3 is 14.8 Å². The maximum atomic E-state index is 12.6. The quantitative estimate of drug-likeness (QED) is 0.815. The van der Waals surface area contributed by atoms with E-state index in [2.05, 4.69) is 5.32 Å². The molecule has 0 bridgehead atoms. The molecule has 1 atom stereocenters. The number of para-hydroxylation sites is 2. The van der Waals surface area contributed by atoms with Gasteiger partial charge in [-0.05, 0) is 36.8 Å². The molecule has 0 spiro atoms. The van der Waals surface area contributed by atoms with Crippen molar-refractivity contribution < 1.29 is 22.7 Å². The lowest BCUT2D eigenvalue weighted by Gasteiger charge is -2.33. The van der Waals surface area contributed by atoms with Crippen LogP contribution in [-0.2, 0) is 21.4 Å². The van der Waals surface area contributed by atoms with E-state index >= 15 is 0 Å². The molecule has 0 fully saturated rings. The molecule has 1 N–H and O–H groups in total. The van der Waals surface area contributed by atoms with Gasteiger partial charge in [0.1, 0.15) is 11.5 Å². The third kappa shape index (κ3) is 4.51. The number of carbonyl (C=O) groups excluding carboxylic acids is 1. The van der Waals surface area contributed by atoms with Crippen LogP contribution in [0.15, 0.2) is 48.5 Å². The molecular weight excluding hydrogens is 368 g/mol. The van der Waals surface area contributed by atoms with Gasteiger partial charge in [-0.15, -0.1) is 0 Å². The van der Waals surface area contributed by atoms with Crippen LogP contribution in [0.1, 0.15) is 12.5 Å². The van der Waals surface area contributed by atoms with E-state index < -0.39 is 16.1 Å². The number of hydrogen-bond donors (Lipinski definition) is 1. The highest BCUT2D eigenvalue weighted by atomic mass is 32.2. The van der Waals surface area contributed by atoms with Crippen LogP contribution in [0.4, 0.5) is 5.69 Å². The highest BCUT2D eigenvalue weighted by Crippen LogP contribution is 2.34. The minimum Gasteiger partial charge on any atom is -0.494 e. The first-order chi connectivity index (χ1) is 12.9. The molecule has 0 saturated carbocycles. The zero-order chi connectivity index (χ0) is 19.4. The summed E-state index contributed by atoms with van der Waals surface area (Å²) in [5, 5.41) is 2.80. The van der Waals surface area contributed by atoms with Crippen molar-refractivity contribution in [1.82, 2.24) is 5.32 Å². The van der Waals surface area contributed by atoms with Crippen molar-refractivity contribution in [2.24, 2.45) is 0 Å². The number of ether oxygens (including phenoxy) is 2. The molecule has 144 valence electrons. The Morgan fingerprint density at radius 3 is 2.78 bits per heavy atom. The fraction of sp³-hybridized carbons (Fsp3) is 0.316. The third-order valence-electron chi connectivity index (χ3n) is 4.10. The van der Waals surface area contributed by atoms with Gasteiger partial charge in [-0.3, -0.25) is 9.10 Å². The Hall–Kier alpha value is -2.74. The standard InChI is InChI=1S/C19H22N2O5S/c1-3-25-15-8-6-7-14(11-15)12-20-19(22)18-13-21(27(2,23)24)16-9-4-5-10-17(16)26-18/h4-11,18H,3,12-13H2,1-2H3,(H,20,22)/t18-/m1/s1. The maximum Gasteiger partial charge on any atom is 0.263 e. The summed E-state index contributed by atoms with van der Waals surface area (Å²) in [5.74, 6) is 0.725. The Balaban J connectivity index is 1.71. The number of nitrogens with zero attached hydrogens (tertiary/aromatic N) is 1. The van der Waals surface area contributed by atoms with Crippen molar-refractivity contribution in [3.63, 3.8) is 0 Å². The number of rotatable bonds is 6. The third-order valence-corrected chi connectivity index (χ3v) is 5.25. The first-order valence-electron chi connectivity index (χ1n) is 8.61. The van der Waals surface area contributed by atoms with Crippen LogP contribution in [0.5, 0.6) is 11.5 Å². The topological polar surface area (TPSA) is 84.9 Å². The molecule has 1 aliphatic heterocycles. The largest absolute Gasteiger partial charge is 0.494 e. The van der Waals surface area contributed by atoms with Crippen LogP contribution in [0, 0.1) is 0 Å². The molecular formula is C19H22N2O5S. The molecule has 1 amide bonds. The zero-order valence-corrected chi connectivity index (χ0v) is 16.0. The first-order valence-corrected chi connectivity index (χ1v) is 10.5. The molecule has 27 heavy (non-hydrogen) atoms. The van der Waals surface area contributed by atoms with Gasteiger partial charge in [0.2, 0.25) is 10.0 Å². The van der Waals surface area contributed by atoms with E-state index in [1.54, 1.807) is 24.3 Å². The Labute approximate surface area is 158 Å². The van der Waals surface area contributed by atoms with Crippen LogP contribution in [-0.4, -0.2) is 39.8 Å². The molecule has 0 aliphatic carbocycles. The van der Waals surface area contributed by atoms with Crippen molar-refractivity contribution in [2.75, 3.05) is 23.7 Å². The molecule has 2 aromatic carbocycles. The van der Waals surface area contributed by atoms with Crippen molar-refractivity contribution >= 4 is 21.6 Å². The summed E-state index contributed by atoms with van der Waals surface area (Å²) in [6.07, 6.45) is 0.188. The lowest BCUT2D eigenvalue weighted by atomic mass is 10.2. The van der Waals surface area contributed by atoms with Crippen LogP contribution in [0.25, 0.3) is 0 Å². The van der Waals surface area contributed by atoms with Gasteiger partial charge in [0, 0.05) is 6.54 Å². The average Bonchev–Trinajstić information content (AvgIpc) is 2.65. The van der Waals surface area contributed by atoms with E-state index in [9.17, 15) is 13.2 Å². The fourth-order valence-corrected chi connectivity index (χ4v) is 3.78. The number of nitrogens with one attached hydrogen (secondary N) is 1. The second-order valence-electron chi connectivity index (χ2n) is 6.17. The van der Waals surface area contributed by atoms with Crippen molar-refractivity contribution in [3.8, 4) is 11.5 Å². The zero-order valence-electron chi connectivity index (χ0n) is 15.2. The fourth-order valence-electron chi connectivity index (χ4n) is 2.87. The van der Waals surface area contributed by atoms with Crippen molar-refractivity contribution in [1.29, 1.82) is 0 Å². The number of anilines is 1. The van der Waals surface area contributed by atoms with E-state index in [1.807, 2.05) is 31.2 Å². The first kappa shape index (κ1) is 19.0. The molecule has 7 nitrogen and oxygen atoms in total. The summed E-state index contributed by atoms with van der Waals surface area (Å²) in [5.41, 5.74) is 1.32. The number of sulfonamides is 1. The van der Waals surface area contributed by atoms with Gasteiger partial charge in [-0.1, -0.05) is 24.3 Å². The van der Waals surface area contributed by atoms with Gasteiger partial charge in [0.25, 0.3) is 5.91 Å². The van der Waals surface area contributed by atoms with Crippen molar-refractivity contribution in [3.05, 3.63) is 54.1 Å². The summed E-state index contributed by atoms with van der Waals surface area (Å²) in [7, 11) is -3.53. The summed E-state index contributed by atoms with van der Waals surface area (Å²) in [6.45, 7) is 2.69. The summed E-state index contributed by atoms with van der Waals surface area (Å²) in [4.78, 5) is 12.6. The van der Waals surface area contributed by atoms with Crippen molar-refractivity contribution in [2.45, 2.75) is 19.6 Å². The number of amides is 1. The Morgan fingerprint density at radius 2 is 2.04 bits per heavy atom. The van der Waals surface area contributed by atoms with E-state index in [4.69, 9.17) is 9.47 Å². The van der Waals surface area contributed by atoms with E-state index in [0.717, 1.165) is 17.6 Å². The minimum atomic E-state index is -3.53. The predicted molar refractivity (Wildman–Crippen MR) is 103 cm³/mol. The second-order valence-corrected chi connectivity index (χ2v) is 8.07. The van der Waals surface area contributed by atoms with E-state index in [1.165, 1.54) is 4.31 Å². The molecule has 2 aromatic rings. The van der Waals surface area contributed by atoms with Gasteiger partial charge in [0.15, 0.2) is 6.10 Å². The van der Waals surface area contributed by atoms with Crippen LogP contribution >= 0.6 is 0 Å². The molecule has 1 aliphatic rings. The molecule has 0 aromatic heterocycles. The smallest absolute Gasteiger partial charge is 0.263 e. The Kier molecular flexibility index (Phi) is 5.55. The maximum absolute atomic E-state index is 12.6. The molecule has 1 heterocycles. The molecule has 8 heteroatoms. The normalized spacial score (nSPS) is 16.2. The molecule has 3 rings (SSSR count). The Morgan fingerprint density at radius 1 is 1.26 bits per heavy atom. The lowest BCUT2D eigenvalue weighted by molar-refractivity contribution is -0.127. The summed E-state index contributed by atoms with van der Waals surface area (Å²) >= 11 is 0. The average molecular weight is 390 g/mol. The lowest BCUT2D eigenvalue weighted by Crippen LogP contribution is -2.50. The number of carbonyl (C=O) groups is 1. The van der Waals surface area contributed by atoms with Crippen LogP contribution in [0.2, 0.25) is 0 Å². The number of fused-ring (bicyclic) bond motifs is 1. The highest BCUT2D eigenvalue weighted by molar-refractivity contribution is 7.92. The Bertz CT molecular complexity index is 929. The van der Waals surface area contributed by atoms with Gasteiger partial charge in [0.05, 0.1) is 25.1 Å². The van der Waals surface area contributed by atoms with Gasteiger partial charge in [-0.2, -0.15) is 0 Å². The number of benzene rings is 2. The van der Waals surface area contributed by atoms with E-state index in [-0.39, 0.29) is 12.5 Å². The number of hydrogen-bond acceptors (Lipinski definition) is 5. The molecule has 0 radical (unpaired) electrons. The summed E-state index contributed by atoms with van der Waals surface area (Å²) < 4.78 is 36.6. The molecule has 0 unspecified atom stereocenters. The predicted octanol–water partition coefficient (Wildman–Crippen LogP) is 1.93. The van der Waals surface area contributed by atoms with Gasteiger partial charge >= 0.3 is 0 Å². The summed E-state index contributed by atoms with van der Waals surface area (Å²) in [6, 6.07) is 14.2. The van der Waals surface area contributed by atoms with E-state index in [0.29, 0.717) is 24.6 Å². The SMILES string of the molecule is CCOc1cccc(CNC(=O)[C@H]2CN(S(C)(=O)=O)c3ccccc3O2)c1. The highest BCUT2D eigenvalue weighted by Gasteiger charge is 2.34. The second kappa shape index (κ2) is 7.87. The van der Waals surface area contributed by atoms with Crippen LogP contribution in [0.3, 0.4) is 0 Å². The minimum absolute atomic E-state index is 0.0688.